The molecule has 0 aromatic rings. The minimum absolute atomic E-state index is 0.468. The Labute approximate surface area is 157 Å². The molecular formula is C21H42Cl2. The van der Waals surface area contributed by atoms with Crippen LogP contribution >= 0.6 is 23.2 Å². The first-order valence-electron chi connectivity index (χ1n) is 10.5. The molecule has 0 aliphatic heterocycles. The molecule has 0 aliphatic rings. The molecule has 0 aromatic carbocycles. The Morgan fingerprint density at radius 1 is 0.435 bits per heavy atom. The van der Waals surface area contributed by atoms with Crippen LogP contribution in [0.25, 0.3) is 0 Å². The molecule has 0 fully saturated rings. The highest BCUT2D eigenvalue weighted by Crippen LogP contribution is 2.33. The molecule has 2 heteroatoms. The van der Waals surface area contributed by atoms with Crippen molar-refractivity contribution in [2.24, 2.45) is 0 Å². The van der Waals surface area contributed by atoms with Gasteiger partial charge in [-0.1, -0.05) is 117 Å². The lowest BCUT2D eigenvalue weighted by atomic mass is 10.0. The second-order valence-corrected chi connectivity index (χ2v) is 8.95. The summed E-state index contributed by atoms with van der Waals surface area (Å²) in [5.41, 5.74) is 0. The first-order valence-corrected chi connectivity index (χ1v) is 11.3. The standard InChI is InChI=1S/C21H42Cl2/c1-3-5-7-9-11-13-15-17-19-21(22,23)20-18-16-14-12-10-8-6-4-2/h3-20H2,1-2H3. The molecule has 23 heavy (non-hydrogen) atoms. The second-order valence-electron chi connectivity index (χ2n) is 7.31. The van der Waals surface area contributed by atoms with Crippen LogP contribution in [-0.4, -0.2) is 4.33 Å². The Morgan fingerprint density at radius 3 is 1.00 bits per heavy atom. The summed E-state index contributed by atoms with van der Waals surface area (Å²) >= 11 is 12.9. The highest BCUT2D eigenvalue weighted by Gasteiger charge is 2.22. The molecule has 0 unspecified atom stereocenters. The number of unbranched alkanes of at least 4 members (excludes halogenated alkanes) is 14. The average molecular weight is 365 g/mol. The van der Waals surface area contributed by atoms with E-state index in [9.17, 15) is 0 Å². The Balaban J connectivity index is 3.33. The molecule has 140 valence electrons. The van der Waals surface area contributed by atoms with E-state index < -0.39 is 4.33 Å². The number of alkyl halides is 2. The van der Waals surface area contributed by atoms with Gasteiger partial charge in [-0.2, -0.15) is 0 Å². The lowest BCUT2D eigenvalue weighted by molar-refractivity contribution is 0.509. The third kappa shape index (κ3) is 18.8. The van der Waals surface area contributed by atoms with Gasteiger partial charge in [0, 0.05) is 0 Å². The second kappa shape index (κ2) is 17.4. The summed E-state index contributed by atoms with van der Waals surface area (Å²) in [5.74, 6) is 0. The Morgan fingerprint density at radius 2 is 0.696 bits per heavy atom. The average Bonchev–Trinajstić information content (AvgIpc) is 2.52. The van der Waals surface area contributed by atoms with Crippen molar-refractivity contribution in [1.82, 2.24) is 0 Å². The maximum absolute atomic E-state index is 6.46. The highest BCUT2D eigenvalue weighted by atomic mass is 35.5. The third-order valence-corrected chi connectivity index (χ3v) is 5.55. The van der Waals surface area contributed by atoms with E-state index in [4.69, 9.17) is 23.2 Å². The van der Waals surface area contributed by atoms with Crippen LogP contribution in [0.3, 0.4) is 0 Å². The lowest BCUT2D eigenvalue weighted by Gasteiger charge is -2.19. The Kier molecular flexibility index (Phi) is 17.8. The van der Waals surface area contributed by atoms with Crippen LogP contribution in [0.5, 0.6) is 0 Å². The van der Waals surface area contributed by atoms with Crippen LogP contribution in [0.1, 0.15) is 129 Å². The molecule has 0 atom stereocenters. The van der Waals surface area contributed by atoms with Gasteiger partial charge in [0.25, 0.3) is 0 Å². The van der Waals surface area contributed by atoms with Crippen molar-refractivity contribution in [3.05, 3.63) is 0 Å². The molecule has 0 bridgehead atoms. The highest BCUT2D eigenvalue weighted by molar-refractivity contribution is 6.48. The van der Waals surface area contributed by atoms with Gasteiger partial charge in [-0.25, -0.2) is 0 Å². The zero-order valence-corrected chi connectivity index (χ0v) is 17.5. The van der Waals surface area contributed by atoms with E-state index in [1.807, 2.05) is 0 Å². The summed E-state index contributed by atoms with van der Waals surface area (Å²) in [7, 11) is 0. The van der Waals surface area contributed by atoms with E-state index in [-0.39, 0.29) is 0 Å². The molecule has 0 radical (unpaired) electrons. The summed E-state index contributed by atoms with van der Waals surface area (Å²) in [6, 6.07) is 0. The quantitative estimate of drug-likeness (QED) is 0.168. The van der Waals surface area contributed by atoms with Gasteiger partial charge in [-0.05, 0) is 12.8 Å². The van der Waals surface area contributed by atoms with E-state index in [1.54, 1.807) is 0 Å². The molecule has 0 heterocycles. The SMILES string of the molecule is CCCCCCCCCCC(Cl)(Cl)CCCCCCCCCC. The van der Waals surface area contributed by atoms with Crippen molar-refractivity contribution in [3.63, 3.8) is 0 Å². The van der Waals surface area contributed by atoms with Crippen molar-refractivity contribution in [2.75, 3.05) is 0 Å². The van der Waals surface area contributed by atoms with Crippen LogP contribution in [0, 0.1) is 0 Å². The molecule has 0 nitrogen and oxygen atoms in total. The van der Waals surface area contributed by atoms with Crippen molar-refractivity contribution in [2.45, 2.75) is 134 Å². The molecule has 0 spiro atoms. The minimum atomic E-state index is -0.468. The molecule has 0 rings (SSSR count). The number of rotatable bonds is 18. The first-order chi connectivity index (χ1) is 11.1. The molecule has 0 saturated carbocycles. The van der Waals surface area contributed by atoms with Crippen molar-refractivity contribution in [3.8, 4) is 0 Å². The van der Waals surface area contributed by atoms with Gasteiger partial charge in [0.15, 0.2) is 0 Å². The van der Waals surface area contributed by atoms with Crippen LogP contribution < -0.4 is 0 Å². The minimum Gasteiger partial charge on any atom is -0.102 e. The zero-order valence-electron chi connectivity index (χ0n) is 16.0. The van der Waals surface area contributed by atoms with Gasteiger partial charge in [0.05, 0.1) is 0 Å². The molecule has 0 saturated heterocycles. The summed E-state index contributed by atoms with van der Waals surface area (Å²) in [5, 5.41) is 0. The van der Waals surface area contributed by atoms with E-state index in [1.165, 1.54) is 103 Å². The predicted octanol–water partition coefficient (Wildman–Crippen LogP) is 9.22. The first kappa shape index (κ1) is 23.6. The summed E-state index contributed by atoms with van der Waals surface area (Å²) in [6.07, 6.45) is 23.5. The maximum Gasteiger partial charge on any atom is 0.118 e. The summed E-state index contributed by atoms with van der Waals surface area (Å²) in [6.45, 7) is 4.54. The largest absolute Gasteiger partial charge is 0.118 e. The molecule has 0 aromatic heterocycles. The van der Waals surface area contributed by atoms with E-state index in [0.29, 0.717) is 0 Å². The summed E-state index contributed by atoms with van der Waals surface area (Å²) in [4.78, 5) is 0. The van der Waals surface area contributed by atoms with Crippen LogP contribution in [0.15, 0.2) is 0 Å². The van der Waals surface area contributed by atoms with Crippen molar-refractivity contribution in [1.29, 1.82) is 0 Å². The van der Waals surface area contributed by atoms with Gasteiger partial charge in [-0.3, -0.25) is 0 Å². The lowest BCUT2D eigenvalue weighted by Crippen LogP contribution is -2.12. The number of hydrogen-bond donors (Lipinski definition) is 0. The van der Waals surface area contributed by atoms with Crippen LogP contribution in [-0.2, 0) is 0 Å². The fraction of sp³-hybridized carbons (Fsp3) is 1.00. The molecule has 0 N–H and O–H groups in total. The molecule has 0 aliphatic carbocycles. The molecule has 0 amide bonds. The normalized spacial score (nSPS) is 12.0. The Bertz CT molecular complexity index is 204. The van der Waals surface area contributed by atoms with Crippen molar-refractivity contribution < 1.29 is 0 Å². The summed E-state index contributed by atoms with van der Waals surface area (Å²) < 4.78 is -0.468. The molecular weight excluding hydrogens is 323 g/mol. The topological polar surface area (TPSA) is 0 Å². The van der Waals surface area contributed by atoms with Gasteiger partial charge >= 0.3 is 0 Å². The van der Waals surface area contributed by atoms with Crippen molar-refractivity contribution >= 4 is 23.2 Å². The number of hydrogen-bond acceptors (Lipinski definition) is 0. The number of halogens is 2. The zero-order chi connectivity index (χ0) is 17.2. The predicted molar refractivity (Wildman–Crippen MR) is 109 cm³/mol. The van der Waals surface area contributed by atoms with Gasteiger partial charge < -0.3 is 0 Å². The van der Waals surface area contributed by atoms with Gasteiger partial charge in [0.2, 0.25) is 0 Å². The maximum atomic E-state index is 6.46. The Hall–Kier alpha value is 0.580. The van der Waals surface area contributed by atoms with Gasteiger partial charge in [0.1, 0.15) is 4.33 Å². The monoisotopic (exact) mass is 364 g/mol. The van der Waals surface area contributed by atoms with Crippen LogP contribution in [0.2, 0.25) is 0 Å². The fourth-order valence-electron chi connectivity index (χ4n) is 3.16. The van der Waals surface area contributed by atoms with E-state index in [2.05, 4.69) is 13.8 Å². The third-order valence-electron chi connectivity index (χ3n) is 4.79. The van der Waals surface area contributed by atoms with E-state index >= 15 is 0 Å². The smallest absolute Gasteiger partial charge is 0.102 e. The van der Waals surface area contributed by atoms with E-state index in [0.717, 1.165) is 12.8 Å². The fourth-order valence-corrected chi connectivity index (χ4v) is 3.69. The van der Waals surface area contributed by atoms with Crippen LogP contribution in [0.4, 0.5) is 0 Å². The van der Waals surface area contributed by atoms with Gasteiger partial charge in [-0.15, -0.1) is 23.2 Å².